The first-order valence-corrected chi connectivity index (χ1v) is 20.2. The van der Waals surface area contributed by atoms with Gasteiger partial charge in [0, 0.05) is 54.1 Å². The quantitative estimate of drug-likeness (QED) is 0.108. The summed E-state index contributed by atoms with van der Waals surface area (Å²) < 4.78 is 9.48. The summed E-state index contributed by atoms with van der Waals surface area (Å²) in [5.74, 6) is -2.02. The molecule has 5 aliphatic carbocycles. The molecule has 0 amide bonds. The molecule has 10 heteroatoms. The van der Waals surface area contributed by atoms with Gasteiger partial charge in [0.25, 0.3) is 0 Å². The van der Waals surface area contributed by atoms with E-state index >= 15 is 4.79 Å². The minimum absolute atomic E-state index is 0.0391. The molecule has 0 radical (unpaired) electrons. The van der Waals surface area contributed by atoms with Crippen LogP contribution in [0.2, 0.25) is 0 Å². The number of carbonyl (C=O) groups is 1. The molecule has 4 saturated carbocycles. The number of phenolic OH excluding ortho intramolecular Hbond substituents is 3. The molecular formula is C43H58N2O8+2. The normalized spacial score (nSPS) is 41.8. The third kappa shape index (κ3) is 4.64. The lowest BCUT2D eigenvalue weighted by Crippen LogP contribution is -2.82. The highest BCUT2D eigenvalue weighted by Gasteiger charge is 2.77. The van der Waals surface area contributed by atoms with Gasteiger partial charge >= 0.3 is 0 Å². The van der Waals surface area contributed by atoms with Crippen molar-refractivity contribution in [1.82, 2.24) is 0 Å². The van der Waals surface area contributed by atoms with E-state index in [9.17, 15) is 30.6 Å². The molecule has 2 aromatic rings. The van der Waals surface area contributed by atoms with Crippen LogP contribution in [-0.2, 0) is 23.1 Å². The third-order valence-corrected chi connectivity index (χ3v) is 16.0. The summed E-state index contributed by atoms with van der Waals surface area (Å²) in [6, 6.07) is 6.50. The van der Waals surface area contributed by atoms with Gasteiger partial charge in [-0.3, -0.25) is 4.79 Å². The zero-order chi connectivity index (χ0) is 37.6. The van der Waals surface area contributed by atoms with Crippen LogP contribution in [-0.4, -0.2) is 114 Å². The maximum Gasteiger partial charge on any atom is 0.181 e. The Labute approximate surface area is 312 Å². The van der Waals surface area contributed by atoms with Crippen LogP contribution < -0.4 is 4.74 Å². The maximum atomic E-state index is 15.3. The molecule has 9 rings (SSSR count). The molecule has 10 nitrogen and oxygen atoms in total. The number of likely N-dealkylation sites (N-methyl/N-ethyl adjacent to an activating group) is 1. The van der Waals surface area contributed by atoms with Crippen LogP contribution in [0, 0.1) is 23.7 Å². The number of Topliss-reactive ketones (excluding diaryl/α,β-unsaturated/α-hetero) is 1. The SMILES string of the molecule is CCc1ccc(O)c2c1C1[C@@H](O2)C(O)(C2C[C@@]3(O)[C@H]4Cc5ccc(O)c(O)c5[C@@]3(CC[N+]4(C)CC3CC3)[C@@H](C)C2=O)CC[C@@]1(O)/C(C)=[N+](\C)CC1CC1. The average Bonchev–Trinajstić information content (AvgIpc) is 4.07. The second-order valence-corrected chi connectivity index (χ2v) is 18.7. The maximum absolute atomic E-state index is 15.3. The topological polar surface area (TPSA) is 151 Å². The van der Waals surface area contributed by atoms with Crippen molar-refractivity contribution in [2.75, 3.05) is 33.7 Å². The summed E-state index contributed by atoms with van der Waals surface area (Å²) in [6.07, 6.45) is 5.32. The highest BCUT2D eigenvalue weighted by molar-refractivity contribution is 5.91. The van der Waals surface area contributed by atoms with Gasteiger partial charge < -0.3 is 39.9 Å². The fourth-order valence-corrected chi connectivity index (χ4v) is 12.7. The van der Waals surface area contributed by atoms with Gasteiger partial charge in [0.2, 0.25) is 0 Å². The first kappa shape index (κ1) is 35.5. The van der Waals surface area contributed by atoms with Crippen molar-refractivity contribution in [2.24, 2.45) is 23.7 Å². The molecule has 53 heavy (non-hydrogen) atoms. The largest absolute Gasteiger partial charge is 0.504 e. The van der Waals surface area contributed by atoms with Crippen molar-refractivity contribution in [1.29, 1.82) is 0 Å². The summed E-state index contributed by atoms with van der Waals surface area (Å²) in [6.45, 7) is 8.27. The number of rotatable bonds is 7. The van der Waals surface area contributed by atoms with Crippen molar-refractivity contribution in [3.8, 4) is 23.0 Å². The summed E-state index contributed by atoms with van der Waals surface area (Å²) in [4.78, 5) is 15.3. The second-order valence-electron chi connectivity index (χ2n) is 18.7. The number of piperidine rings is 1. The van der Waals surface area contributed by atoms with Gasteiger partial charge in [-0.1, -0.05) is 26.0 Å². The van der Waals surface area contributed by atoms with Gasteiger partial charge in [0.05, 0.1) is 32.0 Å². The summed E-state index contributed by atoms with van der Waals surface area (Å²) in [7, 11) is 4.23. The standard InChI is InChI=1S/C43H56N2O8/c1-6-27-11-14-31(47)38-33(27)35-39(53-38)42(51,16-15-41(35,50)24(3)44(4)21-25-7-8-25)29-20-43(52)32-19-28-12-13-30(46)37(49)34(28)40(43,23(2)36(29)48)17-18-45(32,5)22-26-9-10-26/h11-14,23,25-26,29,32,35,39,50-52H,6-10,15-22H2,1-5H3,(H-2,46,47,49)/p+2/b44-24+/t23-,29?,32+,35?,39+,40+,41+,42?,43+,45?/m0/s1. The number of phenols is 3. The van der Waals surface area contributed by atoms with E-state index in [1.807, 2.05) is 40.0 Å². The highest BCUT2D eigenvalue weighted by atomic mass is 16.5. The number of aromatic hydroxyl groups is 3. The summed E-state index contributed by atoms with van der Waals surface area (Å²) in [5, 5.41) is 73.7. The van der Waals surface area contributed by atoms with E-state index in [1.165, 1.54) is 6.07 Å². The van der Waals surface area contributed by atoms with E-state index in [0.29, 0.717) is 46.7 Å². The number of quaternary nitrogens is 1. The Bertz CT molecular complexity index is 1940. The van der Waals surface area contributed by atoms with Crippen LogP contribution in [0.25, 0.3) is 0 Å². The lowest BCUT2D eigenvalue weighted by Gasteiger charge is -2.68. The summed E-state index contributed by atoms with van der Waals surface area (Å²) in [5.41, 5.74) is -2.19. The number of nitrogens with zero attached hydrogens (tertiary/aromatic N) is 2. The van der Waals surface area contributed by atoms with Gasteiger partial charge in [-0.05, 0) is 74.6 Å². The Hall–Kier alpha value is -3.18. The molecule has 0 aromatic heterocycles. The number of ketones is 1. The number of likely N-dealkylation sites (tertiary alicyclic amines) is 1. The Balaban J connectivity index is 1.19. The van der Waals surface area contributed by atoms with Crippen LogP contribution in [0.3, 0.4) is 0 Å². The number of aryl methyl sites for hydroxylation is 1. The molecule has 2 aliphatic heterocycles. The molecule has 2 aromatic carbocycles. The Morgan fingerprint density at radius 1 is 0.981 bits per heavy atom. The Morgan fingerprint density at radius 3 is 2.36 bits per heavy atom. The molecule has 2 heterocycles. The number of hydrogen-bond donors (Lipinski definition) is 6. The predicted octanol–water partition coefficient (Wildman–Crippen LogP) is 4.06. The van der Waals surface area contributed by atoms with Crippen molar-refractivity contribution < 1.29 is 49.2 Å². The second kappa shape index (κ2) is 11.4. The van der Waals surface area contributed by atoms with Crippen LogP contribution in [0.1, 0.15) is 100 Å². The zero-order valence-corrected chi connectivity index (χ0v) is 31.9. The van der Waals surface area contributed by atoms with E-state index in [0.717, 1.165) is 62.2 Å². The average molecular weight is 731 g/mol. The molecule has 4 unspecified atom stereocenters. The van der Waals surface area contributed by atoms with Crippen LogP contribution in [0.5, 0.6) is 23.0 Å². The van der Waals surface area contributed by atoms with Crippen molar-refractivity contribution >= 4 is 11.5 Å². The number of aliphatic hydroxyl groups is 3. The van der Waals surface area contributed by atoms with Gasteiger partial charge in [-0.2, -0.15) is 0 Å². The molecular weight excluding hydrogens is 672 g/mol. The first-order chi connectivity index (χ1) is 25.0. The monoisotopic (exact) mass is 730 g/mol. The fraction of sp³-hybridized carbons (Fsp3) is 0.674. The Morgan fingerprint density at radius 2 is 1.68 bits per heavy atom. The lowest BCUT2D eigenvalue weighted by atomic mass is 9.42. The van der Waals surface area contributed by atoms with Crippen molar-refractivity contribution in [3.63, 3.8) is 0 Å². The smallest absolute Gasteiger partial charge is 0.181 e. The molecule has 6 N–H and O–H groups in total. The van der Waals surface area contributed by atoms with E-state index in [2.05, 4.69) is 11.6 Å². The molecule has 286 valence electrons. The minimum atomic E-state index is -1.79. The number of benzene rings is 2. The van der Waals surface area contributed by atoms with Gasteiger partial charge in [0.15, 0.2) is 34.3 Å². The zero-order valence-electron chi connectivity index (χ0n) is 31.9. The van der Waals surface area contributed by atoms with E-state index < -0.39 is 46.1 Å². The number of carbonyl (C=O) groups excluding carboxylic acids is 1. The predicted molar refractivity (Wildman–Crippen MR) is 198 cm³/mol. The van der Waals surface area contributed by atoms with Crippen LogP contribution >= 0.6 is 0 Å². The van der Waals surface area contributed by atoms with E-state index in [4.69, 9.17) is 4.74 Å². The molecule has 7 aliphatic rings. The molecule has 2 bridgehead atoms. The highest BCUT2D eigenvalue weighted by Crippen LogP contribution is 2.67. The molecule has 1 saturated heterocycles. The fourth-order valence-electron chi connectivity index (χ4n) is 12.7. The van der Waals surface area contributed by atoms with Crippen molar-refractivity contribution in [3.05, 3.63) is 46.5 Å². The van der Waals surface area contributed by atoms with Gasteiger partial charge in [0.1, 0.15) is 42.7 Å². The van der Waals surface area contributed by atoms with Gasteiger partial charge in [-0.15, -0.1) is 0 Å². The minimum Gasteiger partial charge on any atom is -0.504 e. The Kier molecular flexibility index (Phi) is 7.66. The third-order valence-electron chi connectivity index (χ3n) is 16.0. The number of hydrogen-bond acceptors (Lipinski definition) is 8. The number of fused-ring (bicyclic) bond motifs is 4. The van der Waals surface area contributed by atoms with Crippen LogP contribution in [0.4, 0.5) is 0 Å². The van der Waals surface area contributed by atoms with Gasteiger partial charge in [-0.25, -0.2) is 4.58 Å². The van der Waals surface area contributed by atoms with E-state index in [1.54, 1.807) is 6.07 Å². The molecule has 5 fully saturated rings. The first-order valence-electron chi connectivity index (χ1n) is 20.2. The van der Waals surface area contributed by atoms with Crippen molar-refractivity contribution in [2.45, 2.75) is 125 Å². The van der Waals surface area contributed by atoms with E-state index in [-0.39, 0.29) is 54.1 Å². The molecule has 10 atom stereocenters. The molecule has 0 spiro atoms. The van der Waals surface area contributed by atoms with Crippen LogP contribution in [0.15, 0.2) is 24.3 Å². The summed E-state index contributed by atoms with van der Waals surface area (Å²) >= 11 is 0. The lowest BCUT2D eigenvalue weighted by molar-refractivity contribution is -0.950. The number of ether oxygens (including phenoxy) is 1.